The highest BCUT2D eigenvalue weighted by atomic mass is 16.5. The summed E-state index contributed by atoms with van der Waals surface area (Å²) in [6.07, 6.45) is 2.03. The number of piperazine rings is 1. The molecule has 0 spiro atoms. The molecule has 0 aliphatic carbocycles. The lowest BCUT2D eigenvalue weighted by Crippen LogP contribution is -2.55. The van der Waals surface area contributed by atoms with E-state index in [0.29, 0.717) is 18.3 Å². The van der Waals surface area contributed by atoms with E-state index in [4.69, 9.17) is 4.52 Å². The van der Waals surface area contributed by atoms with Crippen molar-refractivity contribution >= 4 is 5.91 Å². The van der Waals surface area contributed by atoms with E-state index in [-0.39, 0.29) is 18.0 Å². The summed E-state index contributed by atoms with van der Waals surface area (Å²) in [5, 5.41) is 7.15. The number of likely N-dealkylation sites (tertiary alicyclic amines) is 1. The normalized spacial score (nSPS) is 20.6. The Kier molecular flexibility index (Phi) is 7.32. The van der Waals surface area contributed by atoms with Crippen LogP contribution < -0.4 is 5.32 Å². The summed E-state index contributed by atoms with van der Waals surface area (Å²) in [7, 11) is 0. The number of carbonyl (C=O) groups is 1. The first-order chi connectivity index (χ1) is 15.1. The van der Waals surface area contributed by atoms with Crippen molar-refractivity contribution in [2.24, 2.45) is 0 Å². The summed E-state index contributed by atoms with van der Waals surface area (Å²) >= 11 is 0. The molecule has 2 aliphatic heterocycles. The fourth-order valence-corrected chi connectivity index (χ4v) is 4.47. The molecule has 8 nitrogen and oxygen atoms in total. The van der Waals surface area contributed by atoms with E-state index >= 15 is 0 Å². The highest BCUT2D eigenvalue weighted by molar-refractivity contribution is 5.81. The van der Waals surface area contributed by atoms with Crippen LogP contribution in [0, 0.1) is 6.92 Å². The molecule has 2 aromatic rings. The van der Waals surface area contributed by atoms with Crippen molar-refractivity contribution in [1.82, 2.24) is 30.2 Å². The van der Waals surface area contributed by atoms with E-state index < -0.39 is 0 Å². The molecule has 8 heteroatoms. The van der Waals surface area contributed by atoms with Crippen LogP contribution in [0.15, 0.2) is 34.9 Å². The van der Waals surface area contributed by atoms with Crippen LogP contribution in [0.4, 0.5) is 0 Å². The standard InChI is InChI=1S/C23H34N6O2/c1-18(29-14-12-28(13-15-29)17-22-24-19(2)26-31-22)23(30)25-21-8-10-27(11-9-21)16-20-6-4-3-5-7-20/h3-7,18,21H,8-17H2,1-2H3,(H,25,30). The minimum atomic E-state index is -0.102. The Morgan fingerprint density at radius 1 is 1.06 bits per heavy atom. The number of nitrogens with zero attached hydrogens (tertiary/aromatic N) is 5. The quantitative estimate of drug-likeness (QED) is 0.722. The fraction of sp³-hybridized carbons (Fsp3) is 0.609. The average molecular weight is 427 g/mol. The van der Waals surface area contributed by atoms with Gasteiger partial charge in [0.1, 0.15) is 0 Å². The molecular formula is C23H34N6O2. The Morgan fingerprint density at radius 2 is 1.74 bits per heavy atom. The van der Waals surface area contributed by atoms with Gasteiger partial charge < -0.3 is 9.84 Å². The molecule has 1 N–H and O–H groups in total. The smallest absolute Gasteiger partial charge is 0.240 e. The van der Waals surface area contributed by atoms with Gasteiger partial charge in [0.15, 0.2) is 5.82 Å². The number of nitrogens with one attached hydrogen (secondary N) is 1. The second-order valence-corrected chi connectivity index (χ2v) is 8.77. The van der Waals surface area contributed by atoms with Crippen molar-refractivity contribution < 1.29 is 9.32 Å². The largest absolute Gasteiger partial charge is 0.352 e. The van der Waals surface area contributed by atoms with Crippen LogP contribution in [-0.2, 0) is 17.9 Å². The fourth-order valence-electron chi connectivity index (χ4n) is 4.47. The number of carbonyl (C=O) groups excluding carboxylic acids is 1. The van der Waals surface area contributed by atoms with E-state index in [2.05, 4.69) is 60.5 Å². The zero-order valence-corrected chi connectivity index (χ0v) is 18.7. The number of piperidine rings is 1. The van der Waals surface area contributed by atoms with Gasteiger partial charge in [0.05, 0.1) is 12.6 Å². The molecule has 1 atom stereocenters. The third kappa shape index (κ3) is 6.12. The number of rotatable bonds is 7. The summed E-state index contributed by atoms with van der Waals surface area (Å²) in [4.78, 5) is 24.2. The SMILES string of the molecule is Cc1noc(CN2CCN(C(C)C(=O)NC3CCN(Cc4ccccc4)CC3)CC2)n1. The molecular weight excluding hydrogens is 392 g/mol. The summed E-state index contributed by atoms with van der Waals surface area (Å²) in [5.41, 5.74) is 1.35. The van der Waals surface area contributed by atoms with Gasteiger partial charge in [0.25, 0.3) is 0 Å². The first-order valence-corrected chi connectivity index (χ1v) is 11.4. The number of aromatic nitrogens is 2. The molecule has 3 heterocycles. The van der Waals surface area contributed by atoms with E-state index in [0.717, 1.165) is 58.7 Å². The van der Waals surface area contributed by atoms with Crippen molar-refractivity contribution in [3.63, 3.8) is 0 Å². The Hall–Kier alpha value is -2.29. The predicted molar refractivity (Wildman–Crippen MR) is 118 cm³/mol. The van der Waals surface area contributed by atoms with Crippen molar-refractivity contribution in [2.45, 2.75) is 51.9 Å². The van der Waals surface area contributed by atoms with Gasteiger partial charge in [0.2, 0.25) is 11.8 Å². The maximum absolute atomic E-state index is 12.8. The number of benzene rings is 1. The maximum atomic E-state index is 12.8. The van der Waals surface area contributed by atoms with Gasteiger partial charge in [-0.25, -0.2) is 0 Å². The van der Waals surface area contributed by atoms with E-state index in [1.807, 2.05) is 13.8 Å². The molecule has 2 fully saturated rings. The number of aryl methyl sites for hydroxylation is 1. The molecule has 0 saturated carbocycles. The molecule has 2 aliphatic rings. The van der Waals surface area contributed by atoms with Crippen LogP contribution in [0.25, 0.3) is 0 Å². The first kappa shape index (κ1) is 21.9. The van der Waals surface area contributed by atoms with Crippen molar-refractivity contribution in [2.75, 3.05) is 39.3 Å². The summed E-state index contributed by atoms with van der Waals surface area (Å²) in [6.45, 7) is 11.1. The lowest BCUT2D eigenvalue weighted by molar-refractivity contribution is -0.127. The zero-order chi connectivity index (χ0) is 21.6. The molecule has 2 saturated heterocycles. The van der Waals surface area contributed by atoms with Crippen LogP contribution >= 0.6 is 0 Å². The van der Waals surface area contributed by atoms with Gasteiger partial charge in [0, 0.05) is 51.9 Å². The van der Waals surface area contributed by atoms with E-state index in [1.165, 1.54) is 5.56 Å². The van der Waals surface area contributed by atoms with Crippen molar-refractivity contribution in [1.29, 1.82) is 0 Å². The topological polar surface area (TPSA) is 77.7 Å². The van der Waals surface area contributed by atoms with Crippen LogP contribution in [0.5, 0.6) is 0 Å². The minimum Gasteiger partial charge on any atom is -0.352 e. The Balaban J connectivity index is 1.16. The molecule has 0 bridgehead atoms. The van der Waals surface area contributed by atoms with Gasteiger partial charge in [-0.05, 0) is 32.3 Å². The van der Waals surface area contributed by atoms with Gasteiger partial charge in [-0.1, -0.05) is 35.5 Å². The van der Waals surface area contributed by atoms with Crippen molar-refractivity contribution in [3.8, 4) is 0 Å². The molecule has 1 amide bonds. The van der Waals surface area contributed by atoms with Gasteiger partial charge >= 0.3 is 0 Å². The second-order valence-electron chi connectivity index (χ2n) is 8.77. The van der Waals surface area contributed by atoms with Crippen LogP contribution in [0.2, 0.25) is 0 Å². The van der Waals surface area contributed by atoms with Gasteiger partial charge in [-0.3, -0.25) is 19.5 Å². The molecule has 168 valence electrons. The maximum Gasteiger partial charge on any atom is 0.240 e. The molecule has 1 aromatic carbocycles. The van der Waals surface area contributed by atoms with Crippen LogP contribution in [0.1, 0.15) is 37.0 Å². The number of hydrogen-bond acceptors (Lipinski definition) is 7. The Morgan fingerprint density at radius 3 is 2.39 bits per heavy atom. The van der Waals surface area contributed by atoms with Crippen LogP contribution in [0.3, 0.4) is 0 Å². The monoisotopic (exact) mass is 426 g/mol. The summed E-state index contributed by atoms with van der Waals surface area (Å²) in [5.74, 6) is 1.49. The molecule has 1 unspecified atom stereocenters. The average Bonchev–Trinajstić information content (AvgIpc) is 3.20. The number of amides is 1. The number of hydrogen-bond donors (Lipinski definition) is 1. The molecule has 0 radical (unpaired) electrons. The molecule has 1 aromatic heterocycles. The second kappa shape index (κ2) is 10.3. The summed E-state index contributed by atoms with van der Waals surface area (Å²) < 4.78 is 5.22. The zero-order valence-electron chi connectivity index (χ0n) is 18.7. The molecule has 4 rings (SSSR count). The van der Waals surface area contributed by atoms with Gasteiger partial charge in [-0.2, -0.15) is 4.98 Å². The highest BCUT2D eigenvalue weighted by Crippen LogP contribution is 2.15. The molecule has 31 heavy (non-hydrogen) atoms. The summed E-state index contributed by atoms with van der Waals surface area (Å²) in [6, 6.07) is 10.8. The van der Waals surface area contributed by atoms with E-state index in [1.54, 1.807) is 0 Å². The minimum absolute atomic E-state index is 0.102. The first-order valence-electron chi connectivity index (χ1n) is 11.4. The Bertz CT molecular complexity index is 826. The lowest BCUT2D eigenvalue weighted by atomic mass is 10.0. The predicted octanol–water partition coefficient (Wildman–Crippen LogP) is 1.66. The third-order valence-electron chi connectivity index (χ3n) is 6.45. The van der Waals surface area contributed by atoms with Crippen LogP contribution in [-0.4, -0.2) is 82.1 Å². The van der Waals surface area contributed by atoms with E-state index in [9.17, 15) is 4.79 Å². The van der Waals surface area contributed by atoms with Gasteiger partial charge in [-0.15, -0.1) is 0 Å². The lowest BCUT2D eigenvalue weighted by Gasteiger charge is -2.38. The Labute approximate surface area is 184 Å². The van der Waals surface area contributed by atoms with Crippen molar-refractivity contribution in [3.05, 3.63) is 47.6 Å². The third-order valence-corrected chi connectivity index (χ3v) is 6.45. The highest BCUT2D eigenvalue weighted by Gasteiger charge is 2.28.